The van der Waals surface area contributed by atoms with Gasteiger partial charge in [-0.2, -0.15) is 0 Å². The summed E-state index contributed by atoms with van der Waals surface area (Å²) in [6.07, 6.45) is 0.326. The van der Waals surface area contributed by atoms with Gasteiger partial charge in [-0.05, 0) is 24.8 Å². The van der Waals surface area contributed by atoms with Crippen LogP contribution in [-0.2, 0) is 25.6 Å². The van der Waals surface area contributed by atoms with E-state index in [4.69, 9.17) is 10.8 Å². The fourth-order valence-electron chi connectivity index (χ4n) is 2.44. The van der Waals surface area contributed by atoms with Crippen molar-refractivity contribution in [2.24, 2.45) is 11.7 Å². The summed E-state index contributed by atoms with van der Waals surface area (Å²) >= 11 is 0. The molecule has 28 heavy (non-hydrogen) atoms. The van der Waals surface area contributed by atoms with Crippen molar-refractivity contribution >= 4 is 23.7 Å². The minimum absolute atomic E-state index is 0.248. The fourth-order valence-corrected chi connectivity index (χ4v) is 2.44. The van der Waals surface area contributed by atoms with Gasteiger partial charge in [0.1, 0.15) is 18.6 Å². The van der Waals surface area contributed by atoms with Crippen molar-refractivity contribution in [3.8, 4) is 0 Å². The second-order valence-corrected chi connectivity index (χ2v) is 6.87. The molecule has 0 aliphatic heterocycles. The average Bonchev–Trinajstić information content (AvgIpc) is 2.64. The standard InChI is InChI=1S/C19H28N4O5/c1-11(2)16(19(28)22-12(3)17(26)21-10-15(24)25)23-18(27)14(20)9-13-7-5-4-6-8-13/h4-8,11-12,14,16H,9-10,20H2,1-3H3,(H,21,26)(H,22,28)(H,23,27)(H,24,25). The van der Waals surface area contributed by atoms with Crippen LogP contribution in [0.4, 0.5) is 0 Å². The molecule has 6 N–H and O–H groups in total. The maximum absolute atomic E-state index is 12.5. The third kappa shape index (κ3) is 7.75. The highest BCUT2D eigenvalue weighted by Crippen LogP contribution is 2.06. The molecule has 1 aromatic rings. The van der Waals surface area contributed by atoms with Crippen LogP contribution in [0.2, 0.25) is 0 Å². The van der Waals surface area contributed by atoms with E-state index < -0.39 is 48.4 Å². The zero-order valence-corrected chi connectivity index (χ0v) is 16.3. The number of hydrogen-bond donors (Lipinski definition) is 5. The van der Waals surface area contributed by atoms with Crippen LogP contribution < -0.4 is 21.7 Å². The Morgan fingerprint density at radius 2 is 1.57 bits per heavy atom. The van der Waals surface area contributed by atoms with Gasteiger partial charge in [-0.1, -0.05) is 44.2 Å². The van der Waals surface area contributed by atoms with Gasteiger partial charge in [-0.15, -0.1) is 0 Å². The molecule has 0 heterocycles. The van der Waals surface area contributed by atoms with Crippen LogP contribution in [0.1, 0.15) is 26.3 Å². The predicted octanol–water partition coefficient (Wildman–Crippen LogP) is -0.597. The molecule has 9 nitrogen and oxygen atoms in total. The minimum atomic E-state index is -1.19. The highest BCUT2D eigenvalue weighted by molar-refractivity contribution is 5.93. The van der Waals surface area contributed by atoms with Gasteiger partial charge < -0.3 is 26.8 Å². The van der Waals surface area contributed by atoms with E-state index in [2.05, 4.69) is 16.0 Å². The van der Waals surface area contributed by atoms with Crippen LogP contribution >= 0.6 is 0 Å². The lowest BCUT2D eigenvalue weighted by Gasteiger charge is -2.25. The van der Waals surface area contributed by atoms with E-state index >= 15 is 0 Å². The van der Waals surface area contributed by atoms with E-state index in [1.54, 1.807) is 13.8 Å². The summed E-state index contributed by atoms with van der Waals surface area (Å²) in [6, 6.07) is 6.61. The van der Waals surface area contributed by atoms with Crippen LogP contribution in [-0.4, -0.2) is 53.5 Å². The number of aliphatic carboxylic acids is 1. The number of hydrogen-bond acceptors (Lipinski definition) is 5. The number of benzene rings is 1. The average molecular weight is 392 g/mol. The monoisotopic (exact) mass is 392 g/mol. The highest BCUT2D eigenvalue weighted by atomic mass is 16.4. The maximum Gasteiger partial charge on any atom is 0.322 e. The lowest BCUT2D eigenvalue weighted by atomic mass is 10.0. The Morgan fingerprint density at radius 3 is 2.11 bits per heavy atom. The van der Waals surface area contributed by atoms with Crippen molar-refractivity contribution < 1.29 is 24.3 Å². The number of carboxylic acids is 1. The maximum atomic E-state index is 12.5. The molecule has 0 fully saturated rings. The molecule has 0 saturated heterocycles. The van der Waals surface area contributed by atoms with Gasteiger partial charge in [-0.25, -0.2) is 0 Å². The number of carboxylic acid groups (broad SMARTS) is 1. The third-order valence-corrected chi connectivity index (χ3v) is 4.05. The zero-order valence-electron chi connectivity index (χ0n) is 16.3. The zero-order chi connectivity index (χ0) is 21.3. The van der Waals surface area contributed by atoms with Gasteiger partial charge >= 0.3 is 5.97 Å². The van der Waals surface area contributed by atoms with E-state index in [0.717, 1.165) is 5.56 Å². The topological polar surface area (TPSA) is 151 Å². The molecule has 0 aliphatic carbocycles. The molecule has 3 amide bonds. The molecule has 9 heteroatoms. The molecule has 3 unspecified atom stereocenters. The van der Waals surface area contributed by atoms with Crippen molar-refractivity contribution in [3.63, 3.8) is 0 Å². The van der Waals surface area contributed by atoms with E-state index in [-0.39, 0.29) is 5.92 Å². The van der Waals surface area contributed by atoms with Crippen LogP contribution in [0.3, 0.4) is 0 Å². The van der Waals surface area contributed by atoms with E-state index in [1.807, 2.05) is 30.3 Å². The lowest BCUT2D eigenvalue weighted by molar-refractivity contribution is -0.138. The van der Waals surface area contributed by atoms with Crippen molar-refractivity contribution in [2.45, 2.75) is 45.3 Å². The molecule has 1 aromatic carbocycles. The van der Waals surface area contributed by atoms with Gasteiger partial charge in [0.25, 0.3) is 0 Å². The first-order chi connectivity index (χ1) is 13.1. The first-order valence-corrected chi connectivity index (χ1v) is 9.01. The summed E-state index contributed by atoms with van der Waals surface area (Å²) in [7, 11) is 0. The van der Waals surface area contributed by atoms with Crippen LogP contribution in [0.15, 0.2) is 30.3 Å². The first kappa shape index (κ1) is 23.1. The molecule has 0 spiro atoms. The molecule has 0 radical (unpaired) electrons. The smallest absolute Gasteiger partial charge is 0.322 e. The number of carbonyl (C=O) groups excluding carboxylic acids is 3. The summed E-state index contributed by atoms with van der Waals surface area (Å²) in [5, 5.41) is 15.9. The first-order valence-electron chi connectivity index (χ1n) is 9.01. The quantitative estimate of drug-likeness (QED) is 0.359. The van der Waals surface area contributed by atoms with Crippen LogP contribution in [0.5, 0.6) is 0 Å². The normalized spacial score (nSPS) is 13.9. The summed E-state index contributed by atoms with van der Waals surface area (Å²) in [5.74, 6) is -3.09. The highest BCUT2D eigenvalue weighted by Gasteiger charge is 2.28. The molecule has 1 rings (SSSR count). The van der Waals surface area contributed by atoms with Crippen molar-refractivity contribution in [2.75, 3.05) is 6.54 Å². The fraction of sp³-hybridized carbons (Fsp3) is 0.474. The molecule has 3 atom stereocenters. The summed E-state index contributed by atoms with van der Waals surface area (Å²) in [5.41, 5.74) is 6.85. The Hall–Kier alpha value is -2.94. The van der Waals surface area contributed by atoms with Crippen molar-refractivity contribution in [1.29, 1.82) is 0 Å². The Kier molecular flexibility index (Phi) is 9.10. The van der Waals surface area contributed by atoms with Crippen LogP contribution in [0.25, 0.3) is 0 Å². The van der Waals surface area contributed by atoms with Gasteiger partial charge in [0.05, 0.1) is 6.04 Å². The number of nitrogens with one attached hydrogen (secondary N) is 3. The minimum Gasteiger partial charge on any atom is -0.480 e. The Labute approximate surface area is 164 Å². The van der Waals surface area contributed by atoms with E-state index in [0.29, 0.717) is 6.42 Å². The summed E-state index contributed by atoms with van der Waals surface area (Å²) in [6.45, 7) is 4.39. The summed E-state index contributed by atoms with van der Waals surface area (Å²) in [4.78, 5) is 47.2. The van der Waals surface area contributed by atoms with Gasteiger partial charge in [0.15, 0.2) is 0 Å². The molecule has 0 bridgehead atoms. The number of carbonyl (C=O) groups is 4. The van der Waals surface area contributed by atoms with Crippen molar-refractivity contribution in [1.82, 2.24) is 16.0 Å². The van der Waals surface area contributed by atoms with E-state index in [1.165, 1.54) is 6.92 Å². The van der Waals surface area contributed by atoms with Gasteiger partial charge in [-0.3, -0.25) is 19.2 Å². The third-order valence-electron chi connectivity index (χ3n) is 4.05. The molecular weight excluding hydrogens is 364 g/mol. The number of nitrogens with two attached hydrogens (primary N) is 1. The summed E-state index contributed by atoms with van der Waals surface area (Å²) < 4.78 is 0. The van der Waals surface area contributed by atoms with Crippen molar-refractivity contribution in [3.05, 3.63) is 35.9 Å². The largest absolute Gasteiger partial charge is 0.480 e. The number of rotatable bonds is 10. The lowest BCUT2D eigenvalue weighted by Crippen LogP contribution is -2.57. The molecule has 154 valence electrons. The number of amides is 3. The Morgan fingerprint density at radius 1 is 0.964 bits per heavy atom. The van der Waals surface area contributed by atoms with E-state index in [9.17, 15) is 19.2 Å². The molecule has 0 aliphatic rings. The Bertz CT molecular complexity index is 693. The van der Waals surface area contributed by atoms with Gasteiger partial charge in [0.2, 0.25) is 17.7 Å². The molecule has 0 saturated carbocycles. The molecular formula is C19H28N4O5. The molecule has 0 aromatic heterocycles. The SMILES string of the molecule is CC(NC(=O)C(NC(=O)C(N)Cc1ccccc1)C(C)C)C(=O)NCC(=O)O. The van der Waals surface area contributed by atoms with Crippen LogP contribution in [0, 0.1) is 5.92 Å². The second-order valence-electron chi connectivity index (χ2n) is 6.87. The predicted molar refractivity (Wildman–Crippen MR) is 103 cm³/mol. The second kappa shape index (κ2) is 11.0. The van der Waals surface area contributed by atoms with Gasteiger partial charge in [0, 0.05) is 0 Å². The Balaban J connectivity index is 2.65.